The minimum absolute atomic E-state index is 0.0456. The summed E-state index contributed by atoms with van der Waals surface area (Å²) in [6, 6.07) is 2.17. The van der Waals surface area contributed by atoms with Gasteiger partial charge in [0.05, 0.1) is 12.6 Å². The number of fused-ring (bicyclic) bond motifs is 1. The number of carbonyl (C=O) groups is 1. The standard InChI is InChI=1S/C15H19N5O2/c16-10-15(3-4-15)14(21)19-5-6-20-12(7-19)17-18-13(20)9-22-8-11-1-2-11/h11H,1-9H2. The van der Waals surface area contributed by atoms with Crippen molar-refractivity contribution in [2.75, 3.05) is 13.2 Å². The Morgan fingerprint density at radius 3 is 2.86 bits per heavy atom. The van der Waals surface area contributed by atoms with E-state index in [9.17, 15) is 4.79 Å². The number of carbonyl (C=O) groups excluding carboxylic acids is 1. The Hall–Kier alpha value is -1.94. The summed E-state index contributed by atoms with van der Waals surface area (Å²) in [6.45, 7) is 3.02. The van der Waals surface area contributed by atoms with Crippen molar-refractivity contribution in [2.24, 2.45) is 11.3 Å². The van der Waals surface area contributed by atoms with Gasteiger partial charge in [-0.3, -0.25) is 4.79 Å². The predicted octanol–water partition coefficient (Wildman–Crippen LogP) is 0.851. The van der Waals surface area contributed by atoms with E-state index in [0.717, 1.165) is 24.2 Å². The van der Waals surface area contributed by atoms with Crippen LogP contribution in [0.3, 0.4) is 0 Å². The molecule has 0 saturated heterocycles. The van der Waals surface area contributed by atoms with Gasteiger partial charge in [-0.15, -0.1) is 10.2 Å². The number of amides is 1. The van der Waals surface area contributed by atoms with Gasteiger partial charge < -0.3 is 14.2 Å². The van der Waals surface area contributed by atoms with E-state index in [0.29, 0.717) is 39.1 Å². The fourth-order valence-corrected chi connectivity index (χ4v) is 2.90. The van der Waals surface area contributed by atoms with Gasteiger partial charge in [-0.2, -0.15) is 5.26 Å². The van der Waals surface area contributed by atoms with E-state index in [2.05, 4.69) is 16.3 Å². The number of rotatable bonds is 5. The van der Waals surface area contributed by atoms with E-state index in [1.54, 1.807) is 4.90 Å². The molecule has 0 atom stereocenters. The van der Waals surface area contributed by atoms with Crippen molar-refractivity contribution in [3.05, 3.63) is 11.6 Å². The minimum Gasteiger partial charge on any atom is -0.373 e. The van der Waals surface area contributed by atoms with Crippen LogP contribution in [0.1, 0.15) is 37.3 Å². The monoisotopic (exact) mass is 301 g/mol. The lowest BCUT2D eigenvalue weighted by molar-refractivity contribution is -0.136. The molecule has 3 aliphatic rings. The zero-order chi connectivity index (χ0) is 15.2. The summed E-state index contributed by atoms with van der Waals surface area (Å²) in [6.07, 6.45) is 3.92. The highest BCUT2D eigenvalue weighted by Gasteiger charge is 2.53. The highest BCUT2D eigenvalue weighted by Crippen LogP contribution is 2.46. The number of nitriles is 1. The maximum Gasteiger partial charge on any atom is 0.243 e. The molecule has 116 valence electrons. The molecule has 2 heterocycles. The molecule has 1 amide bonds. The zero-order valence-electron chi connectivity index (χ0n) is 12.5. The first-order chi connectivity index (χ1) is 10.7. The van der Waals surface area contributed by atoms with Crippen molar-refractivity contribution in [1.82, 2.24) is 19.7 Å². The van der Waals surface area contributed by atoms with Crippen LogP contribution in [-0.2, 0) is 29.2 Å². The van der Waals surface area contributed by atoms with Gasteiger partial charge in [0, 0.05) is 19.7 Å². The van der Waals surface area contributed by atoms with Crippen LogP contribution in [0.4, 0.5) is 0 Å². The van der Waals surface area contributed by atoms with Gasteiger partial charge in [-0.1, -0.05) is 0 Å². The van der Waals surface area contributed by atoms with Crippen molar-refractivity contribution < 1.29 is 9.53 Å². The van der Waals surface area contributed by atoms with Gasteiger partial charge in [-0.25, -0.2) is 0 Å². The Kier molecular flexibility index (Phi) is 3.15. The first-order valence-electron chi connectivity index (χ1n) is 7.91. The molecule has 4 rings (SSSR count). The van der Waals surface area contributed by atoms with Crippen molar-refractivity contribution in [1.29, 1.82) is 5.26 Å². The fourth-order valence-electron chi connectivity index (χ4n) is 2.90. The van der Waals surface area contributed by atoms with Gasteiger partial charge in [0.25, 0.3) is 0 Å². The van der Waals surface area contributed by atoms with Crippen molar-refractivity contribution in [3.63, 3.8) is 0 Å². The van der Waals surface area contributed by atoms with Gasteiger partial charge in [0.2, 0.25) is 5.91 Å². The van der Waals surface area contributed by atoms with Gasteiger partial charge in [-0.05, 0) is 31.6 Å². The summed E-state index contributed by atoms with van der Waals surface area (Å²) in [5.74, 6) is 2.32. The molecule has 2 saturated carbocycles. The SMILES string of the molecule is N#CC1(C(=O)N2CCn3c(COCC4CC4)nnc3C2)CC1. The highest BCUT2D eigenvalue weighted by atomic mass is 16.5. The summed E-state index contributed by atoms with van der Waals surface area (Å²) in [7, 11) is 0. The van der Waals surface area contributed by atoms with Crippen LogP contribution in [0.25, 0.3) is 0 Å². The maximum atomic E-state index is 12.4. The lowest BCUT2D eigenvalue weighted by Gasteiger charge is -2.29. The molecule has 1 aromatic heterocycles. The second kappa shape index (κ2) is 5.06. The lowest BCUT2D eigenvalue weighted by atomic mass is 10.1. The molecule has 0 N–H and O–H groups in total. The third kappa shape index (κ3) is 2.37. The number of ether oxygens (including phenoxy) is 1. The third-order valence-electron chi connectivity index (χ3n) is 4.77. The van der Waals surface area contributed by atoms with Gasteiger partial charge in [0.15, 0.2) is 11.6 Å². The molecule has 0 spiro atoms. The quantitative estimate of drug-likeness (QED) is 0.805. The molecule has 0 radical (unpaired) electrons. The first kappa shape index (κ1) is 13.7. The van der Waals surface area contributed by atoms with Crippen LogP contribution in [0.5, 0.6) is 0 Å². The highest BCUT2D eigenvalue weighted by molar-refractivity contribution is 5.88. The smallest absolute Gasteiger partial charge is 0.243 e. The van der Waals surface area contributed by atoms with Crippen LogP contribution in [0, 0.1) is 22.7 Å². The van der Waals surface area contributed by atoms with E-state index < -0.39 is 5.41 Å². The summed E-state index contributed by atoms with van der Waals surface area (Å²) in [5, 5.41) is 17.5. The molecule has 1 aliphatic heterocycles. The van der Waals surface area contributed by atoms with Crippen molar-refractivity contribution in [2.45, 2.75) is 45.4 Å². The number of aromatic nitrogens is 3. The lowest BCUT2D eigenvalue weighted by Crippen LogP contribution is -2.42. The second-order valence-corrected chi connectivity index (χ2v) is 6.56. The largest absolute Gasteiger partial charge is 0.373 e. The minimum atomic E-state index is -0.752. The third-order valence-corrected chi connectivity index (χ3v) is 4.77. The van der Waals surface area contributed by atoms with E-state index in [4.69, 9.17) is 10.00 Å². The molecular formula is C15H19N5O2. The topological polar surface area (TPSA) is 84.0 Å². The van der Waals surface area contributed by atoms with Gasteiger partial charge >= 0.3 is 0 Å². The average Bonchev–Trinajstić information content (AvgIpc) is 3.46. The average molecular weight is 301 g/mol. The molecular weight excluding hydrogens is 282 g/mol. The molecule has 0 unspecified atom stereocenters. The van der Waals surface area contributed by atoms with Crippen LogP contribution in [-0.4, -0.2) is 38.7 Å². The Morgan fingerprint density at radius 1 is 1.36 bits per heavy atom. The Balaban J connectivity index is 1.40. The number of hydrogen-bond donors (Lipinski definition) is 0. The fraction of sp³-hybridized carbons (Fsp3) is 0.733. The summed E-state index contributed by atoms with van der Waals surface area (Å²) >= 11 is 0. The molecule has 1 aromatic rings. The Labute approximate surface area is 128 Å². The predicted molar refractivity (Wildman–Crippen MR) is 75.1 cm³/mol. The first-order valence-corrected chi connectivity index (χ1v) is 7.91. The molecule has 7 nitrogen and oxygen atoms in total. The summed E-state index contributed by atoms with van der Waals surface area (Å²) in [4.78, 5) is 14.2. The van der Waals surface area contributed by atoms with Crippen molar-refractivity contribution in [3.8, 4) is 6.07 Å². The Morgan fingerprint density at radius 2 is 2.18 bits per heavy atom. The maximum absolute atomic E-state index is 12.4. The van der Waals surface area contributed by atoms with Crippen LogP contribution < -0.4 is 0 Å². The van der Waals surface area contributed by atoms with Gasteiger partial charge in [0.1, 0.15) is 12.0 Å². The Bertz CT molecular complexity index is 639. The van der Waals surface area contributed by atoms with E-state index >= 15 is 0 Å². The van der Waals surface area contributed by atoms with E-state index in [1.807, 2.05) is 4.57 Å². The van der Waals surface area contributed by atoms with Crippen LogP contribution >= 0.6 is 0 Å². The van der Waals surface area contributed by atoms with Crippen molar-refractivity contribution >= 4 is 5.91 Å². The molecule has 0 aromatic carbocycles. The molecule has 2 aliphatic carbocycles. The van der Waals surface area contributed by atoms with E-state index in [-0.39, 0.29) is 5.91 Å². The van der Waals surface area contributed by atoms with Crippen LogP contribution in [0.15, 0.2) is 0 Å². The summed E-state index contributed by atoms with van der Waals surface area (Å²) in [5.41, 5.74) is -0.752. The number of hydrogen-bond acceptors (Lipinski definition) is 5. The molecule has 22 heavy (non-hydrogen) atoms. The molecule has 0 bridgehead atoms. The second-order valence-electron chi connectivity index (χ2n) is 6.56. The molecule has 7 heteroatoms. The number of nitrogens with zero attached hydrogens (tertiary/aromatic N) is 5. The van der Waals surface area contributed by atoms with E-state index in [1.165, 1.54) is 12.8 Å². The molecule has 2 fully saturated rings. The zero-order valence-corrected chi connectivity index (χ0v) is 12.5. The normalized spacial score (nSPS) is 22.0. The van der Waals surface area contributed by atoms with Crippen LogP contribution in [0.2, 0.25) is 0 Å². The summed E-state index contributed by atoms with van der Waals surface area (Å²) < 4.78 is 7.72.